The molecule has 0 spiro atoms. The summed E-state index contributed by atoms with van der Waals surface area (Å²) in [7, 11) is 0. The normalized spacial score (nSPS) is 23.9. The van der Waals surface area contributed by atoms with E-state index in [1.165, 1.54) is 23.2 Å². The average Bonchev–Trinajstić information content (AvgIpc) is 3.35. The summed E-state index contributed by atoms with van der Waals surface area (Å²) in [6.07, 6.45) is 9.21. The van der Waals surface area contributed by atoms with E-state index in [1.54, 1.807) is 0 Å². The van der Waals surface area contributed by atoms with E-state index in [0.717, 1.165) is 56.7 Å². The maximum Gasteiger partial charge on any atom is 0.255 e. The third-order valence-electron chi connectivity index (χ3n) is 7.65. The molecular weight excluding hydrogens is 394 g/mol. The van der Waals surface area contributed by atoms with Crippen molar-refractivity contribution in [3.8, 4) is 0 Å². The molecule has 0 bridgehead atoms. The molecule has 2 aliphatic heterocycles. The Morgan fingerprint density at radius 3 is 2.50 bits per heavy atom. The number of carbonyl (C=O) groups is 1. The quantitative estimate of drug-likeness (QED) is 0.594. The summed E-state index contributed by atoms with van der Waals surface area (Å²) < 4.78 is 0. The highest BCUT2D eigenvalue weighted by molar-refractivity contribution is 6.01. The zero-order valence-electron chi connectivity index (χ0n) is 19.4. The van der Waals surface area contributed by atoms with Crippen molar-refractivity contribution in [1.29, 1.82) is 0 Å². The van der Waals surface area contributed by atoms with Gasteiger partial charge in [0.15, 0.2) is 0 Å². The molecule has 0 radical (unpaired) electrons. The van der Waals surface area contributed by atoms with Crippen molar-refractivity contribution < 1.29 is 4.79 Å². The van der Waals surface area contributed by atoms with E-state index in [1.807, 2.05) is 11.0 Å². The smallest absolute Gasteiger partial charge is 0.255 e. The molecule has 1 fully saturated rings. The van der Waals surface area contributed by atoms with Gasteiger partial charge in [-0.15, -0.1) is 0 Å². The number of benzene rings is 2. The fourth-order valence-electron chi connectivity index (χ4n) is 5.88. The summed E-state index contributed by atoms with van der Waals surface area (Å²) in [5.41, 5.74) is 5.76. The van der Waals surface area contributed by atoms with E-state index in [-0.39, 0.29) is 11.9 Å². The van der Waals surface area contributed by atoms with Crippen LogP contribution in [-0.2, 0) is 0 Å². The molecule has 2 heterocycles. The van der Waals surface area contributed by atoms with Crippen LogP contribution in [0, 0.1) is 5.92 Å². The molecule has 0 saturated carbocycles. The number of hydrogen-bond acceptors (Lipinski definition) is 3. The number of rotatable bonds is 5. The first-order chi connectivity index (χ1) is 15.7. The molecule has 1 amide bonds. The van der Waals surface area contributed by atoms with Crippen molar-refractivity contribution in [3.63, 3.8) is 0 Å². The lowest BCUT2D eigenvalue weighted by Crippen LogP contribution is -2.37. The first kappa shape index (κ1) is 21.1. The van der Waals surface area contributed by atoms with E-state index >= 15 is 0 Å². The lowest BCUT2D eigenvalue weighted by atomic mass is 9.76. The number of para-hydroxylation sites is 1. The predicted octanol–water partition coefficient (Wildman–Crippen LogP) is 5.99. The van der Waals surface area contributed by atoms with Crippen LogP contribution in [0.5, 0.6) is 0 Å². The van der Waals surface area contributed by atoms with Gasteiger partial charge >= 0.3 is 0 Å². The van der Waals surface area contributed by atoms with Gasteiger partial charge in [-0.1, -0.05) is 36.4 Å². The van der Waals surface area contributed by atoms with Gasteiger partial charge in [0.1, 0.15) is 0 Å². The molecule has 32 heavy (non-hydrogen) atoms. The van der Waals surface area contributed by atoms with Crippen molar-refractivity contribution in [2.45, 2.75) is 51.5 Å². The number of anilines is 2. The minimum Gasteiger partial charge on any atom is -0.377 e. The Morgan fingerprint density at radius 2 is 1.78 bits per heavy atom. The Bertz CT molecular complexity index is 986. The van der Waals surface area contributed by atoms with E-state index in [4.69, 9.17) is 0 Å². The van der Waals surface area contributed by atoms with Crippen LogP contribution in [0.15, 0.2) is 54.6 Å². The molecule has 1 N–H and O–H groups in total. The largest absolute Gasteiger partial charge is 0.377 e. The van der Waals surface area contributed by atoms with Gasteiger partial charge in [0.05, 0.1) is 17.3 Å². The number of hydrogen-bond donors (Lipinski definition) is 1. The molecular formula is C28H35N3O. The summed E-state index contributed by atoms with van der Waals surface area (Å²) >= 11 is 0. The zero-order valence-corrected chi connectivity index (χ0v) is 19.4. The molecule has 168 valence electrons. The van der Waals surface area contributed by atoms with Crippen LogP contribution in [0.1, 0.15) is 73.0 Å². The van der Waals surface area contributed by atoms with Crippen molar-refractivity contribution in [2.75, 3.05) is 36.4 Å². The number of fused-ring (bicyclic) bond motifs is 3. The number of allylic oxidation sites excluding steroid dienone is 2. The summed E-state index contributed by atoms with van der Waals surface area (Å²) in [5.74, 6) is 1.04. The van der Waals surface area contributed by atoms with Crippen LogP contribution in [0.2, 0.25) is 0 Å². The van der Waals surface area contributed by atoms with Crippen LogP contribution in [0.25, 0.3) is 0 Å². The topological polar surface area (TPSA) is 35.6 Å². The summed E-state index contributed by atoms with van der Waals surface area (Å²) in [6.45, 7) is 8.19. The molecule has 4 nitrogen and oxygen atoms in total. The summed E-state index contributed by atoms with van der Waals surface area (Å²) in [6, 6.07) is 15.6. The second-order valence-electron chi connectivity index (χ2n) is 9.36. The second kappa shape index (κ2) is 9.01. The molecule has 1 aliphatic carbocycles. The second-order valence-corrected chi connectivity index (χ2v) is 9.36. The molecule has 2 aromatic rings. The van der Waals surface area contributed by atoms with E-state index in [0.29, 0.717) is 11.8 Å². The Kier molecular flexibility index (Phi) is 5.95. The van der Waals surface area contributed by atoms with E-state index < -0.39 is 0 Å². The van der Waals surface area contributed by atoms with Crippen LogP contribution in [0.3, 0.4) is 0 Å². The molecule has 2 aromatic carbocycles. The lowest BCUT2D eigenvalue weighted by molar-refractivity contribution is 0.0725. The standard InChI is InChI=1S/C28H35N3O/c1-3-30(4-2)21-16-14-20(15-17-21)26-23-11-8-10-22(23)24-12-9-13-25(27(24)29-26)28(32)31-18-6-5-7-19-31/h8-10,12-17,22-23,26,29H,3-7,11,18-19H2,1-2H3. The molecule has 1 saturated heterocycles. The van der Waals surface area contributed by atoms with Gasteiger partial charge in [0.2, 0.25) is 0 Å². The van der Waals surface area contributed by atoms with E-state index in [9.17, 15) is 4.79 Å². The zero-order chi connectivity index (χ0) is 22.1. The number of carbonyl (C=O) groups excluding carboxylic acids is 1. The van der Waals surface area contributed by atoms with Gasteiger partial charge in [0.25, 0.3) is 5.91 Å². The minimum absolute atomic E-state index is 0.185. The van der Waals surface area contributed by atoms with Gasteiger partial charge < -0.3 is 15.1 Å². The summed E-state index contributed by atoms with van der Waals surface area (Å²) in [5, 5.41) is 3.85. The van der Waals surface area contributed by atoms with Gasteiger partial charge in [-0.2, -0.15) is 0 Å². The molecule has 5 rings (SSSR count). The summed E-state index contributed by atoms with van der Waals surface area (Å²) in [4.78, 5) is 17.9. The Labute approximate surface area is 192 Å². The third kappa shape index (κ3) is 3.70. The fraction of sp³-hybridized carbons (Fsp3) is 0.464. The number of amides is 1. The Morgan fingerprint density at radius 1 is 1.03 bits per heavy atom. The number of likely N-dealkylation sites (tertiary alicyclic amines) is 1. The van der Waals surface area contributed by atoms with Crippen molar-refractivity contribution in [2.24, 2.45) is 5.92 Å². The van der Waals surface area contributed by atoms with Crippen molar-refractivity contribution in [1.82, 2.24) is 4.90 Å². The average molecular weight is 430 g/mol. The maximum atomic E-state index is 13.5. The molecule has 3 aliphatic rings. The molecule has 3 unspecified atom stereocenters. The molecule has 0 aromatic heterocycles. The monoisotopic (exact) mass is 429 g/mol. The highest BCUT2D eigenvalue weighted by atomic mass is 16.2. The lowest BCUT2D eigenvalue weighted by Gasteiger charge is -2.39. The van der Waals surface area contributed by atoms with Crippen LogP contribution in [-0.4, -0.2) is 37.0 Å². The predicted molar refractivity (Wildman–Crippen MR) is 133 cm³/mol. The van der Waals surface area contributed by atoms with Gasteiger partial charge in [0, 0.05) is 37.8 Å². The highest BCUT2D eigenvalue weighted by Crippen LogP contribution is 2.50. The van der Waals surface area contributed by atoms with Gasteiger partial charge in [-0.05, 0) is 74.8 Å². The SMILES string of the molecule is CCN(CC)c1ccc(C2Nc3c(C(=O)N4CCCCC4)cccc3C3C=CCC32)cc1. The number of nitrogens with one attached hydrogen (secondary N) is 1. The Hall–Kier alpha value is -2.75. The maximum absolute atomic E-state index is 13.5. The van der Waals surface area contributed by atoms with Crippen LogP contribution < -0.4 is 10.2 Å². The Balaban J connectivity index is 1.48. The van der Waals surface area contributed by atoms with E-state index in [2.05, 4.69) is 72.6 Å². The van der Waals surface area contributed by atoms with Crippen molar-refractivity contribution in [3.05, 3.63) is 71.3 Å². The van der Waals surface area contributed by atoms with Crippen LogP contribution in [0.4, 0.5) is 11.4 Å². The number of nitrogens with zero attached hydrogens (tertiary/aromatic N) is 2. The third-order valence-corrected chi connectivity index (χ3v) is 7.65. The number of piperidine rings is 1. The van der Waals surface area contributed by atoms with Gasteiger partial charge in [-0.3, -0.25) is 4.79 Å². The molecule has 3 atom stereocenters. The van der Waals surface area contributed by atoms with Crippen LogP contribution >= 0.6 is 0 Å². The van der Waals surface area contributed by atoms with Gasteiger partial charge in [-0.25, -0.2) is 0 Å². The first-order valence-electron chi connectivity index (χ1n) is 12.4. The minimum atomic E-state index is 0.185. The fourth-order valence-corrected chi connectivity index (χ4v) is 5.88. The first-order valence-corrected chi connectivity index (χ1v) is 12.4. The molecule has 4 heteroatoms. The highest BCUT2D eigenvalue weighted by Gasteiger charge is 2.39. The van der Waals surface area contributed by atoms with Crippen molar-refractivity contribution >= 4 is 17.3 Å².